The van der Waals surface area contributed by atoms with Crippen molar-refractivity contribution in [3.63, 3.8) is 0 Å². The molecule has 0 aliphatic carbocycles. The first-order valence-corrected chi connectivity index (χ1v) is 9.25. The van der Waals surface area contributed by atoms with Gasteiger partial charge in [0.25, 0.3) is 0 Å². The zero-order valence-corrected chi connectivity index (χ0v) is 15.7. The minimum Gasteiger partial charge on any atom is -0.489 e. The van der Waals surface area contributed by atoms with E-state index in [-0.39, 0.29) is 5.78 Å². The average Bonchev–Trinajstić information content (AvgIpc) is 3.03. The van der Waals surface area contributed by atoms with E-state index in [0.717, 1.165) is 11.1 Å². The Hall–Kier alpha value is -3.30. The minimum atomic E-state index is -0.134. The van der Waals surface area contributed by atoms with Crippen molar-refractivity contribution in [3.8, 4) is 11.5 Å². The third-order valence-electron chi connectivity index (χ3n) is 4.33. The molecule has 0 atom stereocenters. The lowest BCUT2D eigenvalue weighted by atomic mass is 10.1. The van der Waals surface area contributed by atoms with Crippen molar-refractivity contribution in [2.24, 2.45) is 0 Å². The van der Waals surface area contributed by atoms with E-state index in [1.165, 1.54) is 0 Å². The molecule has 3 nitrogen and oxygen atoms in total. The van der Waals surface area contributed by atoms with Gasteiger partial charge in [0.2, 0.25) is 5.78 Å². The van der Waals surface area contributed by atoms with E-state index >= 15 is 0 Å². The molecular weight excluding hydrogens is 372 g/mol. The summed E-state index contributed by atoms with van der Waals surface area (Å²) >= 11 is 6.15. The van der Waals surface area contributed by atoms with Gasteiger partial charge >= 0.3 is 0 Å². The Bertz CT molecular complexity index is 1070. The van der Waals surface area contributed by atoms with E-state index in [9.17, 15) is 4.79 Å². The molecule has 0 spiro atoms. The number of carbonyl (C=O) groups is 1. The topological polar surface area (TPSA) is 35.5 Å². The predicted molar refractivity (Wildman–Crippen MR) is 111 cm³/mol. The monoisotopic (exact) mass is 388 g/mol. The third-order valence-corrected chi connectivity index (χ3v) is 4.70. The third kappa shape index (κ3) is 4.00. The number of rotatable bonds is 5. The molecule has 4 rings (SSSR count). The fourth-order valence-corrected chi connectivity index (χ4v) is 3.05. The van der Waals surface area contributed by atoms with Gasteiger partial charge < -0.3 is 9.47 Å². The number of benzene rings is 3. The van der Waals surface area contributed by atoms with Crippen molar-refractivity contribution in [2.75, 3.05) is 0 Å². The van der Waals surface area contributed by atoms with Gasteiger partial charge in [0.05, 0.1) is 5.56 Å². The highest BCUT2D eigenvalue weighted by atomic mass is 35.5. The van der Waals surface area contributed by atoms with Crippen LogP contribution in [0, 0.1) is 0 Å². The van der Waals surface area contributed by atoms with Crippen molar-refractivity contribution < 1.29 is 14.3 Å². The number of hydrogen-bond acceptors (Lipinski definition) is 3. The Morgan fingerprint density at radius 2 is 1.75 bits per heavy atom. The second kappa shape index (κ2) is 8.15. The van der Waals surface area contributed by atoms with Gasteiger partial charge in [-0.05, 0) is 29.8 Å². The van der Waals surface area contributed by atoms with Crippen molar-refractivity contribution in [1.82, 2.24) is 0 Å². The Labute approximate surface area is 168 Å². The first kappa shape index (κ1) is 18.1. The average molecular weight is 389 g/mol. The van der Waals surface area contributed by atoms with E-state index in [4.69, 9.17) is 21.1 Å². The van der Waals surface area contributed by atoms with Gasteiger partial charge in [-0.2, -0.15) is 0 Å². The molecule has 3 aromatic rings. The van der Waals surface area contributed by atoms with Crippen LogP contribution < -0.4 is 9.47 Å². The summed E-state index contributed by atoms with van der Waals surface area (Å²) in [5.74, 6) is 1.28. The summed E-state index contributed by atoms with van der Waals surface area (Å²) in [7, 11) is 0. The van der Waals surface area contributed by atoms with Gasteiger partial charge in [-0.15, -0.1) is 0 Å². The summed E-state index contributed by atoms with van der Waals surface area (Å²) in [5.41, 5.74) is 2.48. The molecule has 1 aliphatic heterocycles. The van der Waals surface area contributed by atoms with Gasteiger partial charge in [-0.3, -0.25) is 4.79 Å². The van der Waals surface area contributed by atoms with Crippen LogP contribution in [0.5, 0.6) is 11.5 Å². The summed E-state index contributed by atoms with van der Waals surface area (Å²) in [4.78, 5) is 12.5. The summed E-state index contributed by atoms with van der Waals surface area (Å²) in [6.07, 6.45) is 5.41. The molecule has 4 heteroatoms. The Morgan fingerprint density at radius 1 is 0.964 bits per heavy atom. The molecule has 138 valence electrons. The van der Waals surface area contributed by atoms with E-state index in [2.05, 4.69) is 0 Å². The van der Waals surface area contributed by atoms with E-state index in [0.29, 0.717) is 34.5 Å². The normalized spacial score (nSPS) is 14.3. The first-order chi connectivity index (χ1) is 13.7. The van der Waals surface area contributed by atoms with Gasteiger partial charge in [0.1, 0.15) is 18.1 Å². The number of ether oxygens (including phenoxy) is 2. The maximum atomic E-state index is 12.5. The van der Waals surface area contributed by atoms with Crippen molar-refractivity contribution in [1.29, 1.82) is 0 Å². The second-order valence-corrected chi connectivity index (χ2v) is 6.68. The quantitative estimate of drug-likeness (QED) is 0.496. The summed E-state index contributed by atoms with van der Waals surface area (Å²) in [5, 5.41) is 0.658. The van der Waals surface area contributed by atoms with Crippen LogP contribution in [0.15, 0.2) is 90.7 Å². The summed E-state index contributed by atoms with van der Waals surface area (Å²) in [6.45, 7) is 0.342. The van der Waals surface area contributed by atoms with Crippen LogP contribution in [-0.2, 0) is 6.61 Å². The Morgan fingerprint density at radius 3 is 2.57 bits per heavy atom. The summed E-state index contributed by atoms with van der Waals surface area (Å²) < 4.78 is 11.5. The van der Waals surface area contributed by atoms with Crippen molar-refractivity contribution >= 4 is 23.5 Å². The fraction of sp³-hybridized carbons (Fsp3) is 0.0417. The smallest absolute Gasteiger partial charge is 0.231 e. The SMILES string of the molecule is O=C1/C(=C/C=C/c2ccccc2)Oc2cc(OCc3ccccc3Cl)ccc21. The molecule has 0 radical (unpaired) electrons. The van der Waals surface area contributed by atoms with Crippen LogP contribution in [0.4, 0.5) is 0 Å². The number of hydrogen-bond donors (Lipinski definition) is 0. The number of fused-ring (bicyclic) bond motifs is 1. The van der Waals surface area contributed by atoms with Gasteiger partial charge in [0.15, 0.2) is 5.76 Å². The molecule has 0 fully saturated rings. The number of halogens is 1. The molecular formula is C24H17ClO3. The van der Waals surface area contributed by atoms with Gasteiger partial charge in [-0.25, -0.2) is 0 Å². The molecule has 1 aliphatic rings. The molecule has 0 unspecified atom stereocenters. The highest BCUT2D eigenvalue weighted by Gasteiger charge is 2.27. The van der Waals surface area contributed by atoms with Crippen LogP contribution in [0.3, 0.4) is 0 Å². The highest BCUT2D eigenvalue weighted by molar-refractivity contribution is 6.31. The predicted octanol–water partition coefficient (Wildman–Crippen LogP) is 6.09. The maximum Gasteiger partial charge on any atom is 0.231 e. The van der Waals surface area contributed by atoms with Crippen LogP contribution in [0.2, 0.25) is 5.02 Å². The second-order valence-electron chi connectivity index (χ2n) is 6.27. The van der Waals surface area contributed by atoms with Crippen LogP contribution in [-0.4, -0.2) is 5.78 Å². The Kier molecular flexibility index (Phi) is 5.27. The number of Topliss-reactive ketones (excluding diaryl/α,β-unsaturated/α-hetero) is 1. The molecule has 3 aromatic carbocycles. The molecule has 28 heavy (non-hydrogen) atoms. The molecule has 0 aromatic heterocycles. The summed E-state index contributed by atoms with van der Waals surface area (Å²) in [6, 6.07) is 22.6. The lowest BCUT2D eigenvalue weighted by Crippen LogP contribution is -1.97. The van der Waals surface area contributed by atoms with Gasteiger partial charge in [-0.1, -0.05) is 72.3 Å². The molecule has 0 bridgehead atoms. The maximum absolute atomic E-state index is 12.5. The fourth-order valence-electron chi connectivity index (χ4n) is 2.86. The zero-order chi connectivity index (χ0) is 19.3. The number of ketones is 1. The minimum absolute atomic E-state index is 0.134. The van der Waals surface area contributed by atoms with Crippen molar-refractivity contribution in [2.45, 2.75) is 6.61 Å². The van der Waals surface area contributed by atoms with Crippen LogP contribution in [0.1, 0.15) is 21.5 Å². The number of carbonyl (C=O) groups excluding carboxylic acids is 1. The molecule has 1 heterocycles. The molecule has 0 saturated heterocycles. The van der Waals surface area contributed by atoms with Gasteiger partial charge in [0, 0.05) is 16.7 Å². The zero-order valence-electron chi connectivity index (χ0n) is 15.0. The number of allylic oxidation sites excluding steroid dienone is 3. The van der Waals surface area contributed by atoms with Crippen LogP contribution >= 0.6 is 11.6 Å². The van der Waals surface area contributed by atoms with Crippen LogP contribution in [0.25, 0.3) is 6.08 Å². The molecule has 0 amide bonds. The van der Waals surface area contributed by atoms with E-state index in [1.807, 2.05) is 66.7 Å². The molecule has 0 saturated carbocycles. The largest absolute Gasteiger partial charge is 0.489 e. The van der Waals surface area contributed by atoms with Crippen molar-refractivity contribution in [3.05, 3.63) is 112 Å². The van der Waals surface area contributed by atoms with E-state index < -0.39 is 0 Å². The lowest BCUT2D eigenvalue weighted by Gasteiger charge is -2.08. The molecule has 0 N–H and O–H groups in total. The standard InChI is InChI=1S/C24H17ClO3/c25-21-11-5-4-10-18(21)16-27-19-13-14-20-23(15-19)28-22(24(20)26)12-6-9-17-7-2-1-3-8-17/h1-15H,16H2/b9-6+,22-12-. The highest BCUT2D eigenvalue weighted by Crippen LogP contribution is 2.34. The van der Waals surface area contributed by atoms with E-state index in [1.54, 1.807) is 24.3 Å². The first-order valence-electron chi connectivity index (χ1n) is 8.87. The Balaban J connectivity index is 1.46. The lowest BCUT2D eigenvalue weighted by molar-refractivity contribution is 0.101.